The molecule has 0 amide bonds. The Kier molecular flexibility index (Phi) is 3.55. The Morgan fingerprint density at radius 3 is 2.30 bits per heavy atom. The molecule has 5 atom stereocenters. The number of ether oxygens (including phenoxy) is 5. The van der Waals surface area contributed by atoms with E-state index in [9.17, 15) is 0 Å². The summed E-state index contributed by atoms with van der Waals surface area (Å²) in [5.41, 5.74) is 1.48. The summed E-state index contributed by atoms with van der Waals surface area (Å²) in [5, 5.41) is 3.00. The lowest BCUT2D eigenvalue weighted by Gasteiger charge is -2.43. The van der Waals surface area contributed by atoms with Crippen molar-refractivity contribution in [3.8, 4) is 0 Å². The second-order valence-corrected chi connectivity index (χ2v) is 6.47. The Labute approximate surface area is 124 Å². The van der Waals surface area contributed by atoms with Gasteiger partial charge in [0.1, 0.15) is 24.4 Å². The van der Waals surface area contributed by atoms with Gasteiger partial charge in [0.15, 0.2) is 17.9 Å². The van der Waals surface area contributed by atoms with E-state index in [0.29, 0.717) is 6.54 Å². The Morgan fingerprint density at radius 1 is 0.950 bits per heavy atom. The number of fused-ring (bicyclic) bond motifs is 3. The van der Waals surface area contributed by atoms with Crippen molar-refractivity contribution in [1.82, 2.24) is 5.32 Å². The molecule has 3 aliphatic heterocycles. The van der Waals surface area contributed by atoms with Crippen LogP contribution < -0.4 is 5.32 Å². The highest BCUT2D eigenvalue weighted by molar-refractivity contribution is 7.78. The summed E-state index contributed by atoms with van der Waals surface area (Å²) in [6.45, 7) is 8.10. The summed E-state index contributed by atoms with van der Waals surface area (Å²) in [6, 6.07) is 0. The molecule has 0 bridgehead atoms. The van der Waals surface area contributed by atoms with Crippen LogP contribution in [-0.4, -0.2) is 54.3 Å². The highest BCUT2D eigenvalue weighted by Gasteiger charge is 2.60. The second-order valence-electron chi connectivity index (χ2n) is 6.23. The third-order valence-electron chi connectivity index (χ3n) is 3.65. The maximum atomic E-state index is 6.00. The maximum absolute atomic E-state index is 6.00. The topological polar surface area (TPSA) is 58.2 Å². The van der Waals surface area contributed by atoms with Crippen LogP contribution in [0.25, 0.3) is 0 Å². The molecule has 3 aliphatic rings. The fraction of sp³-hybridized carbons (Fsp3) is 0.923. The first-order valence-electron chi connectivity index (χ1n) is 6.85. The third kappa shape index (κ3) is 2.58. The molecule has 3 fully saturated rings. The van der Waals surface area contributed by atoms with Crippen LogP contribution in [0.1, 0.15) is 27.7 Å². The fourth-order valence-corrected chi connectivity index (χ4v) is 3.14. The van der Waals surface area contributed by atoms with Gasteiger partial charge >= 0.3 is 0 Å². The lowest BCUT2D eigenvalue weighted by Crippen LogP contribution is -2.58. The summed E-state index contributed by atoms with van der Waals surface area (Å²) in [7, 11) is 0. The van der Waals surface area contributed by atoms with Gasteiger partial charge in [-0.05, 0) is 27.7 Å². The van der Waals surface area contributed by atoms with E-state index < -0.39 is 17.9 Å². The smallest absolute Gasteiger partial charge is 0.190 e. The molecule has 7 heteroatoms. The van der Waals surface area contributed by atoms with Gasteiger partial charge in [0, 0.05) is 6.54 Å². The molecule has 3 rings (SSSR count). The molecule has 3 heterocycles. The van der Waals surface area contributed by atoms with Crippen LogP contribution in [0.3, 0.4) is 0 Å². The van der Waals surface area contributed by atoms with Gasteiger partial charge in [-0.3, -0.25) is 0 Å². The molecule has 114 valence electrons. The van der Waals surface area contributed by atoms with Gasteiger partial charge in [-0.2, -0.15) is 0 Å². The summed E-state index contributed by atoms with van der Waals surface area (Å²) in [4.78, 5) is 0. The van der Waals surface area contributed by atoms with Gasteiger partial charge in [-0.15, -0.1) is 0 Å². The van der Waals surface area contributed by atoms with Crippen molar-refractivity contribution in [3.05, 3.63) is 0 Å². The molecule has 0 aromatic rings. The third-order valence-corrected chi connectivity index (χ3v) is 3.82. The zero-order valence-corrected chi connectivity index (χ0v) is 12.9. The van der Waals surface area contributed by atoms with Crippen molar-refractivity contribution in [2.45, 2.75) is 70.0 Å². The number of hydrogen-bond donors (Lipinski definition) is 1. The molecule has 0 spiro atoms. The van der Waals surface area contributed by atoms with Gasteiger partial charge in [0.2, 0.25) is 0 Å². The summed E-state index contributed by atoms with van der Waals surface area (Å²) in [5.74, 6) is -1.34. The summed E-state index contributed by atoms with van der Waals surface area (Å²) < 4.78 is 29.5. The first-order chi connectivity index (χ1) is 9.31. The minimum absolute atomic E-state index is 0.163. The van der Waals surface area contributed by atoms with Gasteiger partial charge in [-0.1, -0.05) is 12.2 Å². The molecule has 20 heavy (non-hydrogen) atoms. The van der Waals surface area contributed by atoms with E-state index in [1.54, 1.807) is 0 Å². The molecule has 0 aliphatic carbocycles. The SMILES string of the molecule is CC1(C)O[C@H]2O[C@H]3[C@H](OC(C)(C)O[C@@H]3CNC=S)[C@H]2O1. The minimum Gasteiger partial charge on any atom is -0.379 e. The van der Waals surface area contributed by atoms with Crippen LogP contribution in [-0.2, 0) is 23.7 Å². The molecular formula is C13H21NO5S. The lowest BCUT2D eigenvalue weighted by atomic mass is 10.0. The monoisotopic (exact) mass is 303 g/mol. The van der Waals surface area contributed by atoms with Crippen molar-refractivity contribution in [1.29, 1.82) is 0 Å². The second kappa shape index (κ2) is 4.86. The minimum atomic E-state index is -0.691. The molecule has 0 aromatic carbocycles. The van der Waals surface area contributed by atoms with Crippen molar-refractivity contribution < 1.29 is 23.7 Å². The average molecular weight is 303 g/mol. The van der Waals surface area contributed by atoms with Crippen LogP contribution in [0.15, 0.2) is 0 Å². The number of rotatable bonds is 3. The number of thiocarbonyl (C=S) groups is 1. The van der Waals surface area contributed by atoms with Crippen molar-refractivity contribution in [3.63, 3.8) is 0 Å². The molecule has 0 radical (unpaired) electrons. The van der Waals surface area contributed by atoms with E-state index in [4.69, 9.17) is 35.9 Å². The van der Waals surface area contributed by atoms with E-state index in [0.717, 1.165) is 0 Å². The van der Waals surface area contributed by atoms with Crippen LogP contribution in [0.4, 0.5) is 0 Å². The molecule has 1 N–H and O–H groups in total. The summed E-state index contributed by atoms with van der Waals surface area (Å²) in [6.07, 6.45) is -1.23. The van der Waals surface area contributed by atoms with Gasteiger partial charge in [0.25, 0.3) is 0 Å². The lowest BCUT2D eigenvalue weighted by molar-refractivity contribution is -0.342. The largest absolute Gasteiger partial charge is 0.379 e. The van der Waals surface area contributed by atoms with E-state index in [2.05, 4.69) is 5.32 Å². The summed E-state index contributed by atoms with van der Waals surface area (Å²) >= 11 is 4.79. The van der Waals surface area contributed by atoms with Crippen molar-refractivity contribution >= 4 is 17.7 Å². The van der Waals surface area contributed by atoms with Gasteiger partial charge in [0.05, 0.1) is 5.49 Å². The zero-order chi connectivity index (χ0) is 14.5. The van der Waals surface area contributed by atoms with E-state index in [1.807, 2.05) is 27.7 Å². The molecule has 0 saturated carbocycles. The maximum Gasteiger partial charge on any atom is 0.190 e. The van der Waals surface area contributed by atoms with E-state index >= 15 is 0 Å². The van der Waals surface area contributed by atoms with Gasteiger partial charge < -0.3 is 29.0 Å². The highest BCUT2D eigenvalue weighted by atomic mass is 32.1. The Balaban J connectivity index is 1.78. The Bertz CT molecular complexity index is 402. The normalized spacial score (nSPS) is 44.7. The quantitative estimate of drug-likeness (QED) is 0.778. The van der Waals surface area contributed by atoms with Crippen molar-refractivity contribution in [2.24, 2.45) is 0 Å². The molecule has 6 nitrogen and oxygen atoms in total. The molecule has 0 aromatic heterocycles. The molecule has 0 unspecified atom stereocenters. The first-order valence-corrected chi connectivity index (χ1v) is 7.32. The van der Waals surface area contributed by atoms with Crippen LogP contribution in [0.2, 0.25) is 0 Å². The van der Waals surface area contributed by atoms with E-state index in [1.165, 1.54) is 5.49 Å². The predicted octanol–water partition coefficient (Wildman–Crippen LogP) is 0.930. The van der Waals surface area contributed by atoms with Gasteiger partial charge in [-0.25, -0.2) is 0 Å². The molecular weight excluding hydrogens is 282 g/mol. The van der Waals surface area contributed by atoms with Crippen LogP contribution >= 0.6 is 12.2 Å². The first kappa shape index (κ1) is 14.6. The molecule has 3 saturated heterocycles. The standard InChI is InChI=1S/C13H21NO5S/c1-12(2)16-7(5-14-6-20)8-9(17-12)10-11(15-8)19-13(3,4)18-10/h6-11H,5H2,1-4H3,(H,14,20)/t7-,8-,9+,10-,11-/m1/s1. The highest BCUT2D eigenvalue weighted by Crippen LogP contribution is 2.44. The zero-order valence-electron chi connectivity index (χ0n) is 12.1. The van der Waals surface area contributed by atoms with Crippen LogP contribution in [0.5, 0.6) is 0 Å². The average Bonchev–Trinajstić information content (AvgIpc) is 2.78. The van der Waals surface area contributed by atoms with Crippen molar-refractivity contribution in [2.75, 3.05) is 6.54 Å². The van der Waals surface area contributed by atoms with E-state index in [-0.39, 0.29) is 24.4 Å². The fourth-order valence-electron chi connectivity index (χ4n) is 3.05. The predicted molar refractivity (Wildman–Crippen MR) is 74.2 cm³/mol. The Morgan fingerprint density at radius 2 is 1.60 bits per heavy atom. The number of nitrogens with one attached hydrogen (secondary N) is 1. The number of hydrogen-bond acceptors (Lipinski definition) is 6. The van der Waals surface area contributed by atoms with Crippen LogP contribution in [0, 0.1) is 0 Å². The Hall–Kier alpha value is -0.310.